The van der Waals surface area contributed by atoms with E-state index in [1.807, 2.05) is 6.07 Å². The van der Waals surface area contributed by atoms with Gasteiger partial charge in [0, 0.05) is 16.9 Å². The van der Waals surface area contributed by atoms with Crippen LogP contribution in [-0.4, -0.2) is 11.0 Å². The monoisotopic (exact) mass is 309 g/mol. The molecule has 18 heavy (non-hydrogen) atoms. The molecule has 1 aromatic rings. The molecule has 0 radical (unpaired) electrons. The number of anilines is 1. The van der Waals surface area contributed by atoms with Gasteiger partial charge in [0.25, 0.3) is 0 Å². The van der Waals surface area contributed by atoms with Gasteiger partial charge in [-0.1, -0.05) is 34.8 Å². The van der Waals surface area contributed by atoms with Crippen LogP contribution in [0, 0.1) is 5.92 Å². The second kappa shape index (κ2) is 6.54. The molecule has 2 N–H and O–H groups in total. The second-order valence-corrected chi connectivity index (χ2v) is 5.28. The van der Waals surface area contributed by atoms with E-state index in [2.05, 4.69) is 37.6 Å². The summed E-state index contributed by atoms with van der Waals surface area (Å²) in [4.78, 5) is 15.6. The highest BCUT2D eigenvalue weighted by atomic mass is 79.9. The van der Waals surface area contributed by atoms with E-state index < -0.39 is 0 Å². The number of carbonyl (C=O) groups is 1. The predicted molar refractivity (Wildman–Crippen MR) is 75.2 cm³/mol. The van der Waals surface area contributed by atoms with Gasteiger partial charge >= 0.3 is 6.03 Å². The number of nitrogens with one attached hydrogen (secondary N) is 2. The number of hydrogen-bond donors (Lipinski definition) is 2. The van der Waals surface area contributed by atoms with E-state index in [1.54, 1.807) is 18.5 Å². The summed E-state index contributed by atoms with van der Waals surface area (Å²) in [6.07, 6.45) is 10.5. The summed E-state index contributed by atoms with van der Waals surface area (Å²) in [5.74, 6) is 1.14. The number of urea groups is 1. The third-order valence-corrected chi connectivity index (χ3v) is 3.44. The number of pyridine rings is 1. The minimum absolute atomic E-state index is 0.269. The lowest BCUT2D eigenvalue weighted by molar-refractivity contribution is 0.255. The maximum absolute atomic E-state index is 11.6. The van der Waals surface area contributed by atoms with E-state index in [-0.39, 0.29) is 6.03 Å². The zero-order chi connectivity index (χ0) is 12.8. The van der Waals surface area contributed by atoms with Gasteiger partial charge in [-0.2, -0.15) is 0 Å². The van der Waals surface area contributed by atoms with Crippen molar-refractivity contribution in [2.75, 3.05) is 5.32 Å². The Balaban J connectivity index is 1.78. The largest absolute Gasteiger partial charge is 0.324 e. The van der Waals surface area contributed by atoms with Gasteiger partial charge in [0.2, 0.25) is 0 Å². The van der Waals surface area contributed by atoms with E-state index in [0.717, 1.165) is 4.47 Å². The third kappa shape index (κ3) is 4.14. The first-order valence-electron chi connectivity index (χ1n) is 6.10. The number of carbonyl (C=O) groups excluding carboxylic acids is 1. The normalized spacial score (nSPS) is 16.1. The molecule has 2 rings (SSSR count). The summed E-state index contributed by atoms with van der Waals surface area (Å²) in [7, 11) is 0. The number of hydrogen-bond acceptors (Lipinski definition) is 2. The molecule has 1 saturated carbocycles. The van der Waals surface area contributed by atoms with Crippen molar-refractivity contribution < 1.29 is 4.79 Å². The summed E-state index contributed by atoms with van der Waals surface area (Å²) in [6, 6.07) is 3.29. The number of halogens is 1. The maximum atomic E-state index is 11.6. The van der Waals surface area contributed by atoms with Crippen molar-refractivity contribution >= 4 is 27.8 Å². The molecule has 0 aliphatic heterocycles. The Kier molecular flexibility index (Phi) is 4.75. The summed E-state index contributed by atoms with van der Waals surface area (Å²) >= 11 is 3.32. The van der Waals surface area contributed by atoms with E-state index in [9.17, 15) is 4.79 Å². The van der Waals surface area contributed by atoms with Crippen LogP contribution in [-0.2, 0) is 0 Å². The van der Waals surface area contributed by atoms with Crippen molar-refractivity contribution in [3.8, 4) is 0 Å². The van der Waals surface area contributed by atoms with Crippen LogP contribution in [0.25, 0.3) is 0 Å². The highest BCUT2D eigenvalue weighted by Crippen LogP contribution is 2.25. The molecule has 1 aliphatic rings. The lowest BCUT2D eigenvalue weighted by atomic mass is 10.1. The van der Waals surface area contributed by atoms with Crippen molar-refractivity contribution in [3.63, 3.8) is 0 Å². The summed E-state index contributed by atoms with van der Waals surface area (Å²) in [6.45, 7) is 0. The molecule has 5 heteroatoms. The van der Waals surface area contributed by atoms with Gasteiger partial charge in [-0.3, -0.25) is 5.32 Å². The zero-order valence-electron chi connectivity index (χ0n) is 10.0. The molecular weight excluding hydrogens is 294 g/mol. The molecule has 1 aliphatic carbocycles. The molecule has 4 nitrogen and oxygen atoms in total. The van der Waals surface area contributed by atoms with Gasteiger partial charge in [-0.25, -0.2) is 9.78 Å². The molecular formula is C13H16BrN3O. The molecule has 96 valence electrons. The van der Waals surface area contributed by atoms with E-state index in [4.69, 9.17) is 0 Å². The van der Waals surface area contributed by atoms with Gasteiger partial charge in [0.1, 0.15) is 5.82 Å². The first-order valence-corrected chi connectivity index (χ1v) is 6.89. The molecule has 0 saturated heterocycles. The van der Waals surface area contributed by atoms with Crippen LogP contribution in [0.4, 0.5) is 10.6 Å². The first kappa shape index (κ1) is 13.1. The Labute approximate surface area is 115 Å². The van der Waals surface area contributed by atoms with Crippen molar-refractivity contribution in [1.82, 2.24) is 10.3 Å². The smallest absolute Gasteiger partial charge is 0.315 e. The molecule has 1 aromatic heterocycles. The van der Waals surface area contributed by atoms with Gasteiger partial charge in [0.15, 0.2) is 0 Å². The van der Waals surface area contributed by atoms with Gasteiger partial charge in [-0.15, -0.1) is 0 Å². The number of amides is 2. The molecule has 2 amide bonds. The van der Waals surface area contributed by atoms with Crippen LogP contribution >= 0.6 is 15.9 Å². The van der Waals surface area contributed by atoms with Crippen molar-refractivity contribution in [3.05, 3.63) is 35.1 Å². The van der Waals surface area contributed by atoms with Gasteiger partial charge in [-0.05, 0) is 30.9 Å². The number of aromatic nitrogens is 1. The molecule has 0 spiro atoms. The second-order valence-electron chi connectivity index (χ2n) is 4.36. The van der Waals surface area contributed by atoms with Crippen LogP contribution < -0.4 is 10.6 Å². The average Bonchev–Trinajstić information content (AvgIpc) is 2.82. The fourth-order valence-corrected chi connectivity index (χ4v) is 2.37. The number of allylic oxidation sites excluding steroid dienone is 1. The first-order chi connectivity index (χ1) is 8.74. The quantitative estimate of drug-likeness (QED) is 0.895. The van der Waals surface area contributed by atoms with Crippen LogP contribution in [0.15, 0.2) is 35.1 Å². The van der Waals surface area contributed by atoms with Crippen LogP contribution in [0.3, 0.4) is 0 Å². The average molecular weight is 310 g/mol. The molecule has 0 aromatic carbocycles. The van der Waals surface area contributed by atoms with Crippen LogP contribution in [0.1, 0.15) is 25.7 Å². The van der Waals surface area contributed by atoms with E-state index >= 15 is 0 Å². The predicted octanol–water partition coefficient (Wildman–Crippen LogP) is 3.67. The molecule has 1 heterocycles. The Bertz CT molecular complexity index is 442. The van der Waals surface area contributed by atoms with Crippen LogP contribution in [0.2, 0.25) is 0 Å². The van der Waals surface area contributed by atoms with Gasteiger partial charge < -0.3 is 5.32 Å². The Hall–Kier alpha value is -1.36. The van der Waals surface area contributed by atoms with E-state index in [0.29, 0.717) is 11.7 Å². The molecule has 0 unspecified atom stereocenters. The maximum Gasteiger partial charge on any atom is 0.324 e. The van der Waals surface area contributed by atoms with Crippen molar-refractivity contribution in [2.24, 2.45) is 5.92 Å². The van der Waals surface area contributed by atoms with E-state index in [1.165, 1.54) is 25.7 Å². The SMILES string of the molecule is O=C(N/C=C/C1CCCC1)Nc1cc(Br)ccn1. The van der Waals surface area contributed by atoms with Crippen molar-refractivity contribution in [2.45, 2.75) is 25.7 Å². The molecule has 0 atom stereocenters. The Morgan fingerprint density at radius 1 is 1.44 bits per heavy atom. The third-order valence-electron chi connectivity index (χ3n) is 2.95. The standard InChI is InChI=1S/C13H16BrN3O/c14-11-6-8-15-12(9-11)17-13(18)16-7-5-10-3-1-2-4-10/h5-10H,1-4H2,(H2,15,16,17,18)/b7-5+. The fourth-order valence-electron chi connectivity index (χ4n) is 2.04. The minimum atomic E-state index is -0.269. The summed E-state index contributed by atoms with van der Waals surface area (Å²) < 4.78 is 0.884. The van der Waals surface area contributed by atoms with Gasteiger partial charge in [0.05, 0.1) is 0 Å². The topological polar surface area (TPSA) is 54.0 Å². The fraction of sp³-hybridized carbons (Fsp3) is 0.385. The minimum Gasteiger partial charge on any atom is -0.315 e. The summed E-state index contributed by atoms with van der Waals surface area (Å²) in [5.41, 5.74) is 0. The molecule has 0 bridgehead atoms. The number of nitrogens with zero attached hydrogens (tertiary/aromatic N) is 1. The Morgan fingerprint density at radius 3 is 2.94 bits per heavy atom. The number of rotatable bonds is 3. The highest BCUT2D eigenvalue weighted by Gasteiger charge is 2.11. The molecule has 1 fully saturated rings. The lowest BCUT2D eigenvalue weighted by Crippen LogP contribution is -2.24. The lowest BCUT2D eigenvalue weighted by Gasteiger charge is -2.04. The summed E-state index contributed by atoms with van der Waals surface area (Å²) in [5, 5.41) is 5.36. The highest BCUT2D eigenvalue weighted by molar-refractivity contribution is 9.10. The van der Waals surface area contributed by atoms with Crippen molar-refractivity contribution in [1.29, 1.82) is 0 Å². The zero-order valence-corrected chi connectivity index (χ0v) is 11.6. The van der Waals surface area contributed by atoms with Crippen LogP contribution in [0.5, 0.6) is 0 Å². The Morgan fingerprint density at radius 2 is 2.22 bits per heavy atom.